The van der Waals surface area contributed by atoms with Crippen LogP contribution < -0.4 is 0 Å². The zero-order valence-corrected chi connectivity index (χ0v) is 79.9. The largest absolute Gasteiger partial charge is 0.472 e. The van der Waals surface area contributed by atoms with E-state index in [4.69, 9.17) is 32.3 Å². The lowest BCUT2D eigenvalue weighted by atomic mass is 10.0. The highest BCUT2D eigenvalue weighted by atomic mass is 31.2. The van der Waals surface area contributed by atoms with Crippen LogP contribution in [0.3, 0.4) is 0 Å². The molecule has 5 atom stereocenters. The molecule has 5 unspecified atom stereocenters. The number of unbranched alkanes of at least 4 members (excludes halogenated alkanes) is 42. The molecule has 0 bridgehead atoms. The Hall–Kier alpha value is -5.09. The highest BCUT2D eigenvalue weighted by Crippen LogP contribution is 2.45. The molecule has 0 saturated heterocycles. The molecule has 0 fully saturated rings. The molecule has 0 radical (unpaired) electrons. The predicted molar refractivity (Wildman–Crippen MR) is 519 cm³/mol. The number of allylic oxidation sites excluding steroid dienone is 28. The minimum Gasteiger partial charge on any atom is -0.463 e. The van der Waals surface area contributed by atoms with Gasteiger partial charge >= 0.3 is 33.6 Å². The van der Waals surface area contributed by atoms with E-state index in [1.165, 1.54) is 193 Å². The van der Waals surface area contributed by atoms with Gasteiger partial charge in [0.1, 0.15) is 25.4 Å². The number of phosphoric acid groups is 2. The fourth-order valence-corrected chi connectivity index (χ4v) is 15.0. The van der Waals surface area contributed by atoms with E-state index in [2.05, 4.69) is 191 Å². The number of carbonyl (C=O) groups excluding carboxylic acids is 3. The molecule has 0 aromatic rings. The lowest BCUT2D eigenvalue weighted by molar-refractivity contribution is -0.161. The first kappa shape index (κ1) is 118. The molecule has 0 heterocycles. The van der Waals surface area contributed by atoms with Crippen molar-refractivity contribution in [2.45, 2.75) is 437 Å². The van der Waals surface area contributed by atoms with E-state index in [0.29, 0.717) is 19.3 Å². The predicted octanol–water partition coefficient (Wildman–Crippen LogP) is 31.0. The van der Waals surface area contributed by atoms with Gasteiger partial charge in [-0.25, -0.2) is 9.13 Å². The Balaban J connectivity index is 4.58. The maximum absolute atomic E-state index is 13.1. The average Bonchev–Trinajstić information content (AvgIpc) is 0.916. The van der Waals surface area contributed by atoms with Gasteiger partial charge in [-0.3, -0.25) is 32.5 Å². The number of carbonyl (C=O) groups is 3. The van der Waals surface area contributed by atoms with Gasteiger partial charge in [-0.05, 0) is 161 Å². The highest BCUT2D eigenvalue weighted by Gasteiger charge is 2.30. The summed E-state index contributed by atoms with van der Waals surface area (Å²) in [6.45, 7) is 2.55. The van der Waals surface area contributed by atoms with Gasteiger partial charge in [0.25, 0.3) is 0 Å². The van der Waals surface area contributed by atoms with Gasteiger partial charge < -0.3 is 34.2 Å². The number of aliphatic hydroxyl groups excluding tert-OH is 2. The molecule has 123 heavy (non-hydrogen) atoms. The molecule has 16 nitrogen and oxygen atoms in total. The van der Waals surface area contributed by atoms with E-state index in [-0.39, 0.29) is 19.3 Å². The van der Waals surface area contributed by atoms with Crippen LogP contribution in [0.4, 0.5) is 0 Å². The van der Waals surface area contributed by atoms with Crippen LogP contribution in [0.15, 0.2) is 170 Å². The van der Waals surface area contributed by atoms with Crippen molar-refractivity contribution in [1.29, 1.82) is 0 Å². The summed E-state index contributed by atoms with van der Waals surface area (Å²) in [5.41, 5.74) is 0. The number of hydrogen-bond donors (Lipinski definition) is 4. The molecule has 0 saturated carbocycles. The van der Waals surface area contributed by atoms with Gasteiger partial charge in [0.2, 0.25) is 0 Å². The van der Waals surface area contributed by atoms with Crippen molar-refractivity contribution in [1.82, 2.24) is 0 Å². The zero-order chi connectivity index (χ0) is 89.3. The first-order valence-corrected chi connectivity index (χ1v) is 52.4. The third-order valence-corrected chi connectivity index (χ3v) is 22.8. The zero-order valence-electron chi connectivity index (χ0n) is 78.1. The molecule has 18 heteroatoms. The number of phosphoric ester groups is 2. The maximum atomic E-state index is 13.1. The summed E-state index contributed by atoms with van der Waals surface area (Å²) in [5, 5.41) is 20.8. The van der Waals surface area contributed by atoms with Gasteiger partial charge in [-0.1, -0.05) is 409 Å². The van der Waals surface area contributed by atoms with Crippen LogP contribution >= 0.6 is 15.6 Å². The van der Waals surface area contributed by atoms with Gasteiger partial charge in [0.15, 0.2) is 6.10 Å². The molecular weight excluding hydrogens is 1580 g/mol. The molecule has 0 rings (SSSR count). The molecule has 0 aliphatic carbocycles. The minimum absolute atomic E-state index is 0.0819. The lowest BCUT2D eigenvalue weighted by Crippen LogP contribution is -2.30. The van der Waals surface area contributed by atoms with Crippen LogP contribution in [-0.4, -0.2) is 95.9 Å². The van der Waals surface area contributed by atoms with Crippen LogP contribution in [0.5, 0.6) is 0 Å². The Morgan fingerprint density at radius 1 is 0.236 bits per heavy atom. The second-order valence-corrected chi connectivity index (χ2v) is 35.7. The number of hydrogen-bond acceptors (Lipinski definition) is 14. The Morgan fingerprint density at radius 3 is 0.683 bits per heavy atom. The topological polar surface area (TPSA) is 231 Å². The first-order chi connectivity index (χ1) is 60.2. The molecular formula is C105H180O16P2. The van der Waals surface area contributed by atoms with Crippen molar-refractivity contribution >= 4 is 33.6 Å². The summed E-state index contributed by atoms with van der Waals surface area (Å²) in [4.78, 5) is 59.1. The summed E-state index contributed by atoms with van der Waals surface area (Å²) >= 11 is 0. The fraction of sp³-hybridized carbons (Fsp3) is 0.705. The number of ether oxygens (including phenoxy) is 3. The van der Waals surface area contributed by atoms with E-state index in [0.717, 1.165) is 167 Å². The highest BCUT2D eigenvalue weighted by molar-refractivity contribution is 7.47. The van der Waals surface area contributed by atoms with E-state index < -0.39 is 91.5 Å². The van der Waals surface area contributed by atoms with E-state index in [1.807, 2.05) is 0 Å². The van der Waals surface area contributed by atoms with Crippen LogP contribution in [-0.2, 0) is 55.8 Å². The van der Waals surface area contributed by atoms with E-state index >= 15 is 0 Å². The van der Waals surface area contributed by atoms with Crippen molar-refractivity contribution in [2.75, 3.05) is 39.6 Å². The summed E-state index contributed by atoms with van der Waals surface area (Å²) < 4.78 is 61.6. The van der Waals surface area contributed by atoms with Gasteiger partial charge in [-0.15, -0.1) is 0 Å². The Morgan fingerprint density at radius 2 is 0.431 bits per heavy atom. The molecule has 0 aromatic heterocycles. The van der Waals surface area contributed by atoms with Crippen molar-refractivity contribution < 1.29 is 75.8 Å². The minimum atomic E-state index is -4.95. The van der Waals surface area contributed by atoms with Crippen molar-refractivity contribution in [2.24, 2.45) is 0 Å². The fourth-order valence-electron chi connectivity index (χ4n) is 13.4. The van der Waals surface area contributed by atoms with Crippen LogP contribution in [0, 0.1) is 0 Å². The first-order valence-electron chi connectivity index (χ1n) is 49.4. The molecule has 706 valence electrons. The van der Waals surface area contributed by atoms with Crippen LogP contribution in [0.1, 0.15) is 419 Å². The smallest absolute Gasteiger partial charge is 0.463 e. The molecule has 0 amide bonds. The third kappa shape index (κ3) is 97.4. The SMILES string of the molecule is CC/C=C\C/C=C\C/C=C\C/C=C\C/C=C\C/C=C\CCCCCCCCC(=O)OC(COC(=O)CCCCCCCCCCCCC/C=C\C/C=C\C/C=C\C/C=C\CCCCC)COP(=O)(O)OCC(O)COP(=O)(O)OCC(O)COC(=O)CCCCCCCCCCCCCCCCCCCCC/C=C\C/C=C\C/C=C\C/C=C\CCCCC. The second-order valence-electron chi connectivity index (χ2n) is 32.8. The Labute approximate surface area is 752 Å². The normalized spacial score (nSPS) is 14.4. The summed E-state index contributed by atoms with van der Waals surface area (Å²) in [7, 11) is -9.82. The molecule has 0 spiro atoms. The quantitative estimate of drug-likeness (QED) is 0.0146. The molecule has 0 aliphatic heterocycles. The average molecular weight is 1760 g/mol. The van der Waals surface area contributed by atoms with Gasteiger partial charge in [-0.2, -0.15) is 0 Å². The van der Waals surface area contributed by atoms with Crippen LogP contribution in [0.2, 0.25) is 0 Å². The number of rotatable bonds is 93. The molecule has 4 N–H and O–H groups in total. The summed E-state index contributed by atoms with van der Waals surface area (Å²) in [6, 6.07) is 0. The molecule has 0 aromatic carbocycles. The van der Waals surface area contributed by atoms with Crippen molar-refractivity contribution in [3.63, 3.8) is 0 Å². The number of aliphatic hydroxyl groups is 2. The van der Waals surface area contributed by atoms with E-state index in [9.17, 15) is 43.5 Å². The molecule has 0 aliphatic rings. The third-order valence-electron chi connectivity index (χ3n) is 20.9. The summed E-state index contributed by atoms with van der Waals surface area (Å²) in [6.07, 6.45) is 125. The van der Waals surface area contributed by atoms with Gasteiger partial charge in [0, 0.05) is 19.3 Å². The lowest BCUT2D eigenvalue weighted by Gasteiger charge is -2.21. The van der Waals surface area contributed by atoms with E-state index in [1.54, 1.807) is 0 Å². The second kappa shape index (κ2) is 96.0. The Bertz CT molecular complexity index is 2920. The summed E-state index contributed by atoms with van der Waals surface area (Å²) in [5.74, 6) is -1.59. The monoisotopic (exact) mass is 1760 g/mol. The Kier molecular flexibility index (Phi) is 92.0. The van der Waals surface area contributed by atoms with Gasteiger partial charge in [0.05, 0.1) is 26.4 Å². The standard InChI is InChI=1S/C105H180O16P2/c1-4-7-10-13-16-19-22-25-28-31-34-37-40-43-45-46-47-48-49-50-51-52-54-57-58-61-64-67-70-73-76-79-82-85-88-91-103(108)115-94-100(106)95-117-122(111,112)118-96-101(107)97-119-123(113,114)120-99-102(121-105(110)93-90-87-84-81-78-75-72-69-66-63-60-55-42-39-36-33-30-27-24-21-18-15-12-9-6-3)98-116-104(109)92-89-86-83-80-77-74-71-68-65-62-59-56-53-44-41-38-35-32-29-26-23-20-17-14-11-8-5-2/h9,12,16-21,25-30,34-39,43-45,53,55,60,66,69,100-102,106-107H,4-8,10-11,13-15,22-24,31-33,40-42,46-52,54,56-59,61-65,67-68,70-99H2,1-3H3,(H,111,112)(H,113,114)/b12-9-,19-16-,20-17-,21-18-,28-25-,29-26-,30-27-,37-34-,38-35-,39-36-,45-43-,53-44-,60-55-,69-66-. The maximum Gasteiger partial charge on any atom is 0.472 e. The van der Waals surface area contributed by atoms with Crippen molar-refractivity contribution in [3.05, 3.63) is 170 Å². The van der Waals surface area contributed by atoms with Crippen LogP contribution in [0.25, 0.3) is 0 Å². The van der Waals surface area contributed by atoms with Crippen molar-refractivity contribution in [3.8, 4) is 0 Å². The number of esters is 3.